The smallest absolute Gasteiger partial charge is 0.277 e. The summed E-state index contributed by atoms with van der Waals surface area (Å²) in [6.07, 6.45) is 1.27. The van der Waals surface area contributed by atoms with Gasteiger partial charge in [0.05, 0.1) is 13.3 Å². The minimum Gasteiger partial charge on any atom is -0.504 e. The van der Waals surface area contributed by atoms with Crippen LogP contribution in [0.3, 0.4) is 0 Å². The molecule has 0 aliphatic carbocycles. The lowest BCUT2D eigenvalue weighted by molar-refractivity contribution is -0.123. The van der Waals surface area contributed by atoms with Crippen molar-refractivity contribution in [3.63, 3.8) is 0 Å². The number of nitrogens with one attached hydrogen (secondary N) is 1. The Bertz CT molecular complexity index is 745. The van der Waals surface area contributed by atoms with E-state index >= 15 is 0 Å². The molecule has 2 rings (SSSR count). The van der Waals surface area contributed by atoms with E-state index in [4.69, 9.17) is 21.1 Å². The van der Waals surface area contributed by atoms with Gasteiger partial charge in [0, 0.05) is 16.7 Å². The van der Waals surface area contributed by atoms with Crippen molar-refractivity contribution in [1.29, 1.82) is 0 Å². The molecule has 0 saturated heterocycles. The van der Waals surface area contributed by atoms with Crippen LogP contribution in [0.15, 0.2) is 41.5 Å². The van der Waals surface area contributed by atoms with E-state index in [0.29, 0.717) is 16.3 Å². The average molecular weight is 349 g/mol. The van der Waals surface area contributed by atoms with Gasteiger partial charge < -0.3 is 14.6 Å². The number of hydrogen-bond donors (Lipinski definition) is 2. The van der Waals surface area contributed by atoms with Gasteiger partial charge in [-0.3, -0.25) is 4.79 Å². The lowest BCUT2D eigenvalue weighted by Crippen LogP contribution is -2.24. The molecule has 126 valence electrons. The molecule has 0 aliphatic heterocycles. The van der Waals surface area contributed by atoms with Crippen LogP contribution < -0.4 is 14.9 Å². The molecule has 2 N–H and O–H groups in total. The van der Waals surface area contributed by atoms with Crippen molar-refractivity contribution in [2.24, 2.45) is 5.10 Å². The fourth-order valence-corrected chi connectivity index (χ4v) is 2.05. The molecule has 2 aromatic rings. The molecule has 24 heavy (non-hydrogen) atoms. The number of carbonyl (C=O) groups excluding carboxylic acids is 1. The zero-order valence-corrected chi connectivity index (χ0v) is 14.0. The summed E-state index contributed by atoms with van der Waals surface area (Å²) in [6.45, 7) is 1.79. The summed E-state index contributed by atoms with van der Waals surface area (Å²) >= 11 is 5.91. The minimum atomic E-state index is -0.430. The molecule has 0 aliphatic rings. The summed E-state index contributed by atoms with van der Waals surface area (Å²) in [6, 6.07) is 10.3. The molecule has 0 saturated carbocycles. The van der Waals surface area contributed by atoms with Crippen LogP contribution in [0.1, 0.15) is 11.1 Å². The summed E-state index contributed by atoms with van der Waals surface area (Å²) in [5, 5.41) is 14.1. The maximum atomic E-state index is 11.7. The number of hydrogen-bond acceptors (Lipinski definition) is 5. The molecule has 0 spiro atoms. The van der Waals surface area contributed by atoms with E-state index < -0.39 is 5.91 Å². The van der Waals surface area contributed by atoms with Crippen LogP contribution in [0, 0.1) is 6.92 Å². The standard InChI is InChI=1S/C17H17ClN2O4/c1-11-3-5-14(6-4-11)24-10-16(21)20-19-9-12-7-13(18)8-15(23-2)17(12)22/h3-9,22H,10H2,1-2H3,(H,20,21)/b19-9+. The Morgan fingerprint density at radius 1 is 1.33 bits per heavy atom. The third kappa shape index (κ3) is 4.89. The highest BCUT2D eigenvalue weighted by atomic mass is 35.5. The normalized spacial score (nSPS) is 10.6. The fourth-order valence-electron chi connectivity index (χ4n) is 1.84. The van der Waals surface area contributed by atoms with Gasteiger partial charge in [0.1, 0.15) is 5.75 Å². The van der Waals surface area contributed by atoms with Gasteiger partial charge in [0.25, 0.3) is 5.91 Å². The van der Waals surface area contributed by atoms with Crippen LogP contribution in [0.25, 0.3) is 0 Å². The number of halogens is 1. The van der Waals surface area contributed by atoms with Crippen molar-refractivity contribution in [1.82, 2.24) is 5.43 Å². The molecular formula is C17H17ClN2O4. The SMILES string of the molecule is COc1cc(Cl)cc(/C=N/NC(=O)COc2ccc(C)cc2)c1O. The van der Waals surface area contributed by atoms with Gasteiger partial charge in [-0.25, -0.2) is 5.43 Å². The van der Waals surface area contributed by atoms with Crippen molar-refractivity contribution in [2.75, 3.05) is 13.7 Å². The number of phenolic OH excluding ortho intramolecular Hbond substituents is 1. The number of rotatable bonds is 6. The summed E-state index contributed by atoms with van der Waals surface area (Å²) in [5.74, 6) is 0.269. The second-order valence-corrected chi connectivity index (χ2v) is 5.38. The van der Waals surface area contributed by atoms with Crippen LogP contribution in [-0.4, -0.2) is 30.9 Å². The molecule has 0 radical (unpaired) electrons. The Labute approximate surface area is 144 Å². The summed E-state index contributed by atoms with van der Waals surface area (Å²) in [7, 11) is 1.41. The van der Waals surface area contributed by atoms with Crippen molar-refractivity contribution in [3.8, 4) is 17.2 Å². The van der Waals surface area contributed by atoms with Gasteiger partial charge in [-0.15, -0.1) is 0 Å². The lowest BCUT2D eigenvalue weighted by Gasteiger charge is -2.07. The highest BCUT2D eigenvalue weighted by Gasteiger charge is 2.08. The van der Waals surface area contributed by atoms with Crippen molar-refractivity contribution >= 4 is 23.7 Å². The number of carbonyl (C=O) groups is 1. The molecular weight excluding hydrogens is 332 g/mol. The second-order valence-electron chi connectivity index (χ2n) is 4.94. The van der Waals surface area contributed by atoms with Gasteiger partial charge in [0.15, 0.2) is 18.1 Å². The Morgan fingerprint density at radius 2 is 2.04 bits per heavy atom. The minimum absolute atomic E-state index is 0.115. The van der Waals surface area contributed by atoms with E-state index in [1.54, 1.807) is 12.1 Å². The van der Waals surface area contributed by atoms with E-state index in [1.165, 1.54) is 25.5 Å². The van der Waals surface area contributed by atoms with Gasteiger partial charge in [-0.2, -0.15) is 5.10 Å². The molecule has 7 heteroatoms. The molecule has 1 amide bonds. The highest BCUT2D eigenvalue weighted by Crippen LogP contribution is 2.32. The first-order valence-electron chi connectivity index (χ1n) is 7.07. The average Bonchev–Trinajstić information content (AvgIpc) is 2.57. The Kier molecular flexibility index (Phi) is 6.03. The monoisotopic (exact) mass is 348 g/mol. The lowest BCUT2D eigenvalue weighted by atomic mass is 10.2. The number of amides is 1. The second kappa shape index (κ2) is 8.21. The summed E-state index contributed by atoms with van der Waals surface area (Å²) in [5.41, 5.74) is 3.73. The van der Waals surface area contributed by atoms with E-state index in [-0.39, 0.29) is 18.1 Å². The van der Waals surface area contributed by atoms with E-state index in [2.05, 4.69) is 10.5 Å². The topological polar surface area (TPSA) is 80.2 Å². The molecule has 2 aromatic carbocycles. The van der Waals surface area contributed by atoms with Crippen molar-refractivity contribution < 1.29 is 19.4 Å². The first-order chi connectivity index (χ1) is 11.5. The molecule has 0 fully saturated rings. The third-order valence-corrected chi connectivity index (χ3v) is 3.29. The molecule has 0 atom stereocenters. The van der Waals surface area contributed by atoms with E-state index in [0.717, 1.165) is 5.56 Å². The zero-order valence-electron chi connectivity index (χ0n) is 13.2. The van der Waals surface area contributed by atoms with Gasteiger partial charge in [-0.05, 0) is 25.1 Å². The number of ether oxygens (including phenoxy) is 2. The predicted octanol–water partition coefficient (Wildman–Crippen LogP) is 2.89. The predicted molar refractivity (Wildman–Crippen MR) is 92.1 cm³/mol. The first-order valence-corrected chi connectivity index (χ1v) is 7.45. The molecule has 0 heterocycles. The van der Waals surface area contributed by atoms with E-state index in [9.17, 15) is 9.90 Å². The first kappa shape index (κ1) is 17.6. The molecule has 0 bridgehead atoms. The van der Waals surface area contributed by atoms with Crippen LogP contribution in [0.5, 0.6) is 17.2 Å². The van der Waals surface area contributed by atoms with Gasteiger partial charge in [0.2, 0.25) is 0 Å². The number of nitrogens with zero attached hydrogens (tertiary/aromatic N) is 1. The number of aryl methyl sites for hydroxylation is 1. The van der Waals surface area contributed by atoms with Crippen LogP contribution in [0.4, 0.5) is 0 Å². The number of phenols is 1. The Morgan fingerprint density at radius 3 is 2.71 bits per heavy atom. The molecule has 0 aromatic heterocycles. The highest BCUT2D eigenvalue weighted by molar-refractivity contribution is 6.31. The third-order valence-electron chi connectivity index (χ3n) is 3.07. The maximum absolute atomic E-state index is 11.7. The molecule has 6 nitrogen and oxygen atoms in total. The Hall–Kier alpha value is -2.73. The van der Waals surface area contributed by atoms with Gasteiger partial charge in [-0.1, -0.05) is 29.3 Å². The number of benzene rings is 2. The van der Waals surface area contributed by atoms with Crippen molar-refractivity contribution in [3.05, 3.63) is 52.5 Å². The number of hydrazone groups is 1. The zero-order chi connectivity index (χ0) is 17.5. The largest absolute Gasteiger partial charge is 0.504 e. The summed E-state index contributed by atoms with van der Waals surface area (Å²) in [4.78, 5) is 11.7. The van der Waals surface area contributed by atoms with Gasteiger partial charge >= 0.3 is 0 Å². The fraction of sp³-hybridized carbons (Fsp3) is 0.176. The Balaban J connectivity index is 1.90. The van der Waals surface area contributed by atoms with E-state index in [1.807, 2.05) is 19.1 Å². The number of aromatic hydroxyl groups is 1. The van der Waals surface area contributed by atoms with Crippen molar-refractivity contribution in [2.45, 2.75) is 6.92 Å². The quantitative estimate of drug-likeness (QED) is 0.621. The van der Waals surface area contributed by atoms with Crippen LogP contribution >= 0.6 is 11.6 Å². The van der Waals surface area contributed by atoms with Crippen LogP contribution in [0.2, 0.25) is 5.02 Å². The molecule has 0 unspecified atom stereocenters. The van der Waals surface area contributed by atoms with Crippen LogP contribution in [-0.2, 0) is 4.79 Å². The maximum Gasteiger partial charge on any atom is 0.277 e. The number of methoxy groups -OCH3 is 1. The summed E-state index contributed by atoms with van der Waals surface area (Å²) < 4.78 is 10.3.